The molecule has 0 fully saturated rings. The van der Waals surface area contributed by atoms with Crippen LogP contribution in [0, 0.1) is 5.82 Å². The number of carbonyl (C=O) groups excluding carboxylic acids is 3. The maximum Gasteiger partial charge on any atom is 0.493 e. The molecule has 0 spiro atoms. The van der Waals surface area contributed by atoms with E-state index in [9.17, 15) is 18.8 Å². The first-order valence-corrected chi connectivity index (χ1v) is 10.3. The van der Waals surface area contributed by atoms with E-state index in [1.54, 1.807) is 30.3 Å². The van der Waals surface area contributed by atoms with Crippen molar-refractivity contribution in [2.45, 2.75) is 31.8 Å². The molecular formula is C23H28BFN2O6. The SMILES string of the molecule is COB(OC)c1ccc(C[C@@H](NC(=O)[C@H](Cc2cccc(F)c2)NC(C)=O)C(=O)OC)cc1. The second-order valence-electron chi connectivity index (χ2n) is 7.42. The predicted octanol–water partition coefficient (Wildman–Crippen LogP) is 0.761. The van der Waals surface area contributed by atoms with Gasteiger partial charge in [0.1, 0.15) is 17.9 Å². The van der Waals surface area contributed by atoms with Gasteiger partial charge in [-0.1, -0.05) is 36.4 Å². The van der Waals surface area contributed by atoms with Gasteiger partial charge in [-0.2, -0.15) is 0 Å². The molecule has 0 aliphatic carbocycles. The molecule has 2 rings (SSSR count). The third-order valence-corrected chi connectivity index (χ3v) is 4.94. The van der Waals surface area contributed by atoms with E-state index in [0.29, 0.717) is 5.56 Å². The third kappa shape index (κ3) is 8.00. The lowest BCUT2D eigenvalue weighted by atomic mass is 9.78. The van der Waals surface area contributed by atoms with Crippen LogP contribution >= 0.6 is 0 Å². The van der Waals surface area contributed by atoms with Crippen LogP contribution in [0.1, 0.15) is 18.1 Å². The van der Waals surface area contributed by atoms with Gasteiger partial charge in [0.25, 0.3) is 0 Å². The van der Waals surface area contributed by atoms with E-state index in [0.717, 1.165) is 11.0 Å². The van der Waals surface area contributed by atoms with Gasteiger partial charge in [-0.25, -0.2) is 9.18 Å². The summed E-state index contributed by atoms with van der Waals surface area (Å²) in [5.74, 6) is -2.09. The van der Waals surface area contributed by atoms with E-state index in [1.165, 1.54) is 46.5 Å². The fourth-order valence-corrected chi connectivity index (χ4v) is 3.38. The van der Waals surface area contributed by atoms with Crippen LogP contribution in [0.4, 0.5) is 4.39 Å². The number of benzene rings is 2. The number of amides is 2. The number of rotatable bonds is 11. The highest BCUT2D eigenvalue weighted by Gasteiger charge is 2.27. The average molecular weight is 458 g/mol. The molecule has 176 valence electrons. The number of hydrogen-bond acceptors (Lipinski definition) is 6. The fraction of sp³-hybridized carbons (Fsp3) is 0.348. The highest BCUT2D eigenvalue weighted by molar-refractivity contribution is 6.61. The minimum absolute atomic E-state index is 0.0567. The molecule has 0 bridgehead atoms. The molecule has 0 unspecified atom stereocenters. The first-order chi connectivity index (χ1) is 15.8. The first-order valence-electron chi connectivity index (χ1n) is 10.3. The van der Waals surface area contributed by atoms with Gasteiger partial charge in [-0.15, -0.1) is 0 Å². The van der Waals surface area contributed by atoms with E-state index in [2.05, 4.69) is 10.6 Å². The number of esters is 1. The fourth-order valence-electron chi connectivity index (χ4n) is 3.38. The summed E-state index contributed by atoms with van der Waals surface area (Å²) in [7, 11) is 3.77. The van der Waals surface area contributed by atoms with Gasteiger partial charge < -0.3 is 24.7 Å². The van der Waals surface area contributed by atoms with E-state index >= 15 is 0 Å². The van der Waals surface area contributed by atoms with Crippen LogP contribution in [-0.2, 0) is 41.3 Å². The van der Waals surface area contributed by atoms with Crippen molar-refractivity contribution in [3.63, 3.8) is 0 Å². The number of methoxy groups -OCH3 is 1. The molecule has 8 nitrogen and oxygen atoms in total. The third-order valence-electron chi connectivity index (χ3n) is 4.94. The number of ether oxygens (including phenoxy) is 1. The van der Waals surface area contributed by atoms with Crippen LogP contribution < -0.4 is 16.1 Å². The lowest BCUT2D eigenvalue weighted by molar-refractivity contribution is -0.145. The number of carbonyl (C=O) groups is 3. The predicted molar refractivity (Wildman–Crippen MR) is 121 cm³/mol. The minimum atomic E-state index is -0.997. The Labute approximate surface area is 192 Å². The normalized spacial score (nSPS) is 12.4. The molecule has 2 amide bonds. The van der Waals surface area contributed by atoms with Crippen molar-refractivity contribution < 1.29 is 32.8 Å². The van der Waals surface area contributed by atoms with E-state index in [4.69, 9.17) is 14.0 Å². The molecule has 0 heterocycles. The van der Waals surface area contributed by atoms with Crippen molar-refractivity contribution >= 4 is 30.4 Å². The molecule has 0 radical (unpaired) electrons. The Morgan fingerprint density at radius 1 is 0.909 bits per heavy atom. The van der Waals surface area contributed by atoms with Gasteiger partial charge in [-0.3, -0.25) is 9.59 Å². The number of hydrogen-bond donors (Lipinski definition) is 2. The summed E-state index contributed by atoms with van der Waals surface area (Å²) < 4.78 is 28.8. The molecule has 2 atom stereocenters. The minimum Gasteiger partial charge on any atom is -0.467 e. The van der Waals surface area contributed by atoms with E-state index in [-0.39, 0.29) is 12.8 Å². The second-order valence-corrected chi connectivity index (χ2v) is 7.42. The van der Waals surface area contributed by atoms with Gasteiger partial charge in [0.05, 0.1) is 7.11 Å². The Hall–Kier alpha value is -3.24. The quantitative estimate of drug-likeness (QED) is 0.381. The van der Waals surface area contributed by atoms with Crippen LogP contribution in [0.2, 0.25) is 0 Å². The highest BCUT2D eigenvalue weighted by Crippen LogP contribution is 2.09. The Bertz CT molecular complexity index is 952. The first kappa shape index (κ1) is 26.0. The molecule has 10 heteroatoms. The van der Waals surface area contributed by atoms with E-state index < -0.39 is 42.8 Å². The smallest absolute Gasteiger partial charge is 0.467 e. The van der Waals surface area contributed by atoms with Crippen LogP contribution in [-0.4, -0.2) is 58.3 Å². The van der Waals surface area contributed by atoms with Crippen molar-refractivity contribution in [1.29, 1.82) is 0 Å². The monoisotopic (exact) mass is 458 g/mol. The van der Waals surface area contributed by atoms with Gasteiger partial charge in [0.15, 0.2) is 0 Å². The molecule has 2 aromatic carbocycles. The molecule has 0 aromatic heterocycles. The summed E-state index contributed by atoms with van der Waals surface area (Å²) in [5, 5.41) is 5.20. The summed E-state index contributed by atoms with van der Waals surface area (Å²) in [5.41, 5.74) is 2.09. The molecule has 2 aromatic rings. The largest absolute Gasteiger partial charge is 0.493 e. The maximum atomic E-state index is 13.5. The van der Waals surface area contributed by atoms with E-state index in [1.807, 2.05) is 0 Å². The van der Waals surface area contributed by atoms with Gasteiger partial charge >= 0.3 is 13.1 Å². The topological polar surface area (TPSA) is 103 Å². The van der Waals surface area contributed by atoms with Crippen molar-refractivity contribution in [2.24, 2.45) is 0 Å². The lowest BCUT2D eigenvalue weighted by Crippen LogP contribution is -2.53. The second kappa shape index (κ2) is 12.7. The Morgan fingerprint density at radius 2 is 1.55 bits per heavy atom. The van der Waals surface area contributed by atoms with Crippen molar-refractivity contribution in [1.82, 2.24) is 10.6 Å². The molecule has 0 aliphatic rings. The zero-order valence-electron chi connectivity index (χ0n) is 19.1. The number of halogens is 1. The molecule has 2 N–H and O–H groups in total. The molecule has 0 saturated heterocycles. The summed E-state index contributed by atoms with van der Waals surface area (Å²) in [6, 6.07) is 10.9. The average Bonchev–Trinajstić information content (AvgIpc) is 2.79. The van der Waals surface area contributed by atoms with Crippen LogP contribution in [0.25, 0.3) is 0 Å². The highest BCUT2D eigenvalue weighted by atomic mass is 19.1. The molecule has 33 heavy (non-hydrogen) atoms. The van der Waals surface area contributed by atoms with Crippen molar-refractivity contribution in [3.8, 4) is 0 Å². The molecule has 0 saturated carbocycles. The van der Waals surface area contributed by atoms with Gasteiger partial charge in [-0.05, 0) is 28.7 Å². The van der Waals surface area contributed by atoms with Crippen molar-refractivity contribution in [3.05, 3.63) is 65.5 Å². The molecule has 0 aliphatic heterocycles. The Kier molecular flexibility index (Phi) is 10.0. The van der Waals surface area contributed by atoms with Crippen molar-refractivity contribution in [2.75, 3.05) is 21.3 Å². The maximum absolute atomic E-state index is 13.5. The Morgan fingerprint density at radius 3 is 2.09 bits per heavy atom. The molecular weight excluding hydrogens is 430 g/mol. The lowest BCUT2D eigenvalue weighted by Gasteiger charge is -2.22. The Balaban J connectivity index is 2.16. The summed E-state index contributed by atoms with van der Waals surface area (Å²) >= 11 is 0. The van der Waals surface area contributed by atoms with Crippen LogP contribution in [0.5, 0.6) is 0 Å². The summed E-state index contributed by atoms with van der Waals surface area (Å²) in [6.45, 7) is 1.28. The van der Waals surface area contributed by atoms with Crippen LogP contribution in [0.3, 0.4) is 0 Å². The standard InChI is InChI=1S/C23H28BFN2O6/c1-15(28)26-20(14-17-6-5-7-19(25)12-17)22(29)27-21(23(30)31-2)13-16-8-10-18(11-9-16)24(32-3)33-4/h5-12,20-21H,13-14H2,1-4H3,(H,26,28)(H,27,29)/t20-,21+/m0/s1. The van der Waals surface area contributed by atoms with Gasteiger partial charge in [0, 0.05) is 34.0 Å². The zero-order chi connectivity index (χ0) is 24.4. The van der Waals surface area contributed by atoms with Gasteiger partial charge in [0.2, 0.25) is 11.8 Å². The van der Waals surface area contributed by atoms with Crippen LogP contribution in [0.15, 0.2) is 48.5 Å². The number of nitrogens with one attached hydrogen (secondary N) is 2. The summed E-state index contributed by atoms with van der Waals surface area (Å²) in [6.07, 6.45) is 0.220. The zero-order valence-corrected chi connectivity index (χ0v) is 19.1. The summed E-state index contributed by atoms with van der Waals surface area (Å²) in [4.78, 5) is 36.9.